The molecule has 0 bridgehead atoms. The molecule has 0 amide bonds. The van der Waals surface area contributed by atoms with Crippen LogP contribution in [-0.4, -0.2) is 24.6 Å². The molecule has 0 fully saturated rings. The summed E-state index contributed by atoms with van der Waals surface area (Å²) < 4.78 is 0. The average Bonchev–Trinajstić information content (AvgIpc) is 2.38. The minimum absolute atomic E-state index is 0.615. The van der Waals surface area contributed by atoms with Crippen molar-refractivity contribution >= 4 is 5.69 Å². The minimum Gasteiger partial charge on any atom is -0.372 e. The third kappa shape index (κ3) is 4.00. The zero-order chi connectivity index (χ0) is 12.7. The molecule has 0 aliphatic carbocycles. The van der Waals surface area contributed by atoms with Gasteiger partial charge in [-0.25, -0.2) is 0 Å². The fraction of sp³-hybridized carbons (Fsp3) is 0.643. The van der Waals surface area contributed by atoms with E-state index >= 15 is 0 Å². The Balaban J connectivity index is 2.75. The lowest BCUT2D eigenvalue weighted by molar-refractivity contribution is 0.591. The first kappa shape index (κ1) is 14.0. The Morgan fingerprint density at radius 1 is 1.29 bits per heavy atom. The van der Waals surface area contributed by atoms with E-state index in [1.165, 1.54) is 18.5 Å². The zero-order valence-corrected chi connectivity index (χ0v) is 11.5. The van der Waals surface area contributed by atoms with Gasteiger partial charge in [-0.05, 0) is 31.5 Å². The first-order valence-corrected chi connectivity index (χ1v) is 6.61. The van der Waals surface area contributed by atoms with Crippen LogP contribution in [0.3, 0.4) is 0 Å². The van der Waals surface area contributed by atoms with Crippen molar-refractivity contribution in [2.45, 2.75) is 46.2 Å². The van der Waals surface area contributed by atoms with E-state index in [9.17, 15) is 0 Å². The highest BCUT2D eigenvalue weighted by Crippen LogP contribution is 2.18. The molecule has 0 radical (unpaired) electrons. The monoisotopic (exact) mass is 235 g/mol. The van der Waals surface area contributed by atoms with Crippen LogP contribution in [0.1, 0.15) is 39.3 Å². The number of nitrogens with zero attached hydrogens (tertiary/aromatic N) is 2. The predicted molar refractivity (Wildman–Crippen MR) is 74.4 cm³/mol. The zero-order valence-electron chi connectivity index (χ0n) is 11.5. The topological polar surface area (TPSA) is 28.2 Å². The number of hydrogen-bond acceptors (Lipinski definition) is 3. The Morgan fingerprint density at radius 3 is 2.59 bits per heavy atom. The summed E-state index contributed by atoms with van der Waals surface area (Å²) in [5.74, 6) is 0. The van der Waals surface area contributed by atoms with E-state index in [0.29, 0.717) is 6.04 Å². The van der Waals surface area contributed by atoms with Crippen molar-refractivity contribution < 1.29 is 0 Å². The third-order valence-electron chi connectivity index (χ3n) is 3.25. The normalized spacial score (nSPS) is 10.9. The molecule has 0 aliphatic rings. The van der Waals surface area contributed by atoms with Gasteiger partial charge in [0.25, 0.3) is 0 Å². The molecule has 3 heteroatoms. The van der Waals surface area contributed by atoms with Crippen molar-refractivity contribution in [3.63, 3.8) is 0 Å². The maximum Gasteiger partial charge on any atom is 0.0562 e. The maximum atomic E-state index is 4.38. The first-order chi connectivity index (χ1) is 8.22. The lowest BCUT2D eigenvalue weighted by Gasteiger charge is -2.28. The predicted octanol–water partition coefficient (Wildman–Crippen LogP) is 2.82. The second kappa shape index (κ2) is 7.28. The van der Waals surface area contributed by atoms with Gasteiger partial charge in [0.1, 0.15) is 0 Å². The van der Waals surface area contributed by atoms with E-state index in [2.05, 4.69) is 55.2 Å². The van der Waals surface area contributed by atoms with Crippen LogP contribution in [0.25, 0.3) is 0 Å². The van der Waals surface area contributed by atoms with Gasteiger partial charge in [0.2, 0.25) is 0 Å². The summed E-state index contributed by atoms with van der Waals surface area (Å²) in [5, 5.41) is 3.31. The van der Waals surface area contributed by atoms with Crippen LogP contribution in [0, 0.1) is 0 Å². The van der Waals surface area contributed by atoms with Gasteiger partial charge in [-0.1, -0.05) is 20.8 Å². The number of pyridine rings is 1. The summed E-state index contributed by atoms with van der Waals surface area (Å²) >= 11 is 0. The highest BCUT2D eigenvalue weighted by molar-refractivity contribution is 5.46. The van der Waals surface area contributed by atoms with Crippen LogP contribution >= 0.6 is 0 Å². The van der Waals surface area contributed by atoms with Crippen molar-refractivity contribution in [2.24, 2.45) is 0 Å². The Bertz CT molecular complexity index is 321. The molecule has 1 N–H and O–H groups in total. The molecule has 1 heterocycles. The van der Waals surface area contributed by atoms with Gasteiger partial charge in [-0.3, -0.25) is 4.98 Å². The lowest BCUT2D eigenvalue weighted by atomic mass is 10.1. The molecule has 0 aromatic carbocycles. The molecular weight excluding hydrogens is 210 g/mol. The van der Waals surface area contributed by atoms with Crippen molar-refractivity contribution in [2.75, 3.05) is 18.5 Å². The van der Waals surface area contributed by atoms with E-state index in [1.807, 2.05) is 6.20 Å². The van der Waals surface area contributed by atoms with Crippen LogP contribution < -0.4 is 10.2 Å². The summed E-state index contributed by atoms with van der Waals surface area (Å²) in [7, 11) is 2.17. The van der Waals surface area contributed by atoms with Crippen LogP contribution in [0.4, 0.5) is 5.69 Å². The molecule has 0 unspecified atom stereocenters. The molecule has 1 rings (SSSR count). The molecule has 17 heavy (non-hydrogen) atoms. The van der Waals surface area contributed by atoms with Crippen molar-refractivity contribution in [1.29, 1.82) is 0 Å². The average molecular weight is 235 g/mol. The van der Waals surface area contributed by atoms with Crippen molar-refractivity contribution in [3.8, 4) is 0 Å². The smallest absolute Gasteiger partial charge is 0.0562 e. The van der Waals surface area contributed by atoms with Gasteiger partial charge in [0.15, 0.2) is 0 Å². The minimum atomic E-state index is 0.615. The summed E-state index contributed by atoms with van der Waals surface area (Å²) in [4.78, 5) is 6.74. The first-order valence-electron chi connectivity index (χ1n) is 6.61. The standard InChI is InChI=1S/C14H25N3/c1-5-13(6-2)17(4)14-8-9-16-12(10-14)11-15-7-3/h8-10,13,15H,5-7,11H2,1-4H3. The van der Waals surface area contributed by atoms with E-state index in [-0.39, 0.29) is 0 Å². The van der Waals surface area contributed by atoms with E-state index < -0.39 is 0 Å². The summed E-state index contributed by atoms with van der Waals surface area (Å²) in [6.45, 7) is 8.42. The van der Waals surface area contributed by atoms with Crippen LogP contribution in [0.15, 0.2) is 18.3 Å². The molecule has 0 aliphatic heterocycles. The summed E-state index contributed by atoms with van der Waals surface area (Å²) in [6, 6.07) is 4.89. The molecule has 1 aromatic rings. The second-order valence-electron chi connectivity index (χ2n) is 4.37. The van der Waals surface area contributed by atoms with Crippen molar-refractivity contribution in [1.82, 2.24) is 10.3 Å². The molecule has 0 spiro atoms. The van der Waals surface area contributed by atoms with Gasteiger partial charge in [-0.15, -0.1) is 0 Å². The maximum absolute atomic E-state index is 4.38. The Labute approximate surface area is 105 Å². The van der Waals surface area contributed by atoms with E-state index in [1.54, 1.807) is 0 Å². The van der Waals surface area contributed by atoms with Crippen LogP contribution in [0.2, 0.25) is 0 Å². The highest BCUT2D eigenvalue weighted by atomic mass is 15.1. The van der Waals surface area contributed by atoms with Gasteiger partial charge in [0, 0.05) is 31.5 Å². The second-order valence-corrected chi connectivity index (χ2v) is 4.37. The fourth-order valence-electron chi connectivity index (χ4n) is 2.08. The molecule has 1 aromatic heterocycles. The molecule has 0 saturated carbocycles. The van der Waals surface area contributed by atoms with E-state index in [4.69, 9.17) is 0 Å². The number of nitrogens with one attached hydrogen (secondary N) is 1. The fourth-order valence-corrected chi connectivity index (χ4v) is 2.08. The molecule has 96 valence electrons. The quantitative estimate of drug-likeness (QED) is 0.787. The lowest BCUT2D eigenvalue weighted by Crippen LogP contribution is -2.30. The number of rotatable bonds is 7. The SMILES string of the molecule is CCNCc1cc(N(C)C(CC)CC)ccn1. The molecular formula is C14H25N3. The number of aromatic nitrogens is 1. The highest BCUT2D eigenvalue weighted by Gasteiger charge is 2.11. The summed E-state index contributed by atoms with van der Waals surface area (Å²) in [5.41, 5.74) is 2.38. The Kier molecular flexibility index (Phi) is 5.98. The number of anilines is 1. The van der Waals surface area contributed by atoms with Gasteiger partial charge >= 0.3 is 0 Å². The molecule has 0 atom stereocenters. The third-order valence-corrected chi connectivity index (χ3v) is 3.25. The van der Waals surface area contributed by atoms with Gasteiger partial charge < -0.3 is 10.2 Å². The Hall–Kier alpha value is -1.09. The van der Waals surface area contributed by atoms with Crippen LogP contribution in [-0.2, 0) is 6.54 Å². The molecule has 3 nitrogen and oxygen atoms in total. The summed E-state index contributed by atoms with van der Waals surface area (Å²) in [6.07, 6.45) is 4.26. The molecule has 0 saturated heterocycles. The number of hydrogen-bond donors (Lipinski definition) is 1. The van der Waals surface area contributed by atoms with Gasteiger partial charge in [0.05, 0.1) is 5.69 Å². The van der Waals surface area contributed by atoms with E-state index in [0.717, 1.165) is 18.8 Å². The van der Waals surface area contributed by atoms with Crippen molar-refractivity contribution in [3.05, 3.63) is 24.0 Å². The van der Waals surface area contributed by atoms with Gasteiger partial charge in [-0.2, -0.15) is 0 Å². The Morgan fingerprint density at radius 2 is 2.00 bits per heavy atom. The largest absolute Gasteiger partial charge is 0.372 e. The van der Waals surface area contributed by atoms with Crippen LogP contribution in [0.5, 0.6) is 0 Å².